The van der Waals surface area contributed by atoms with Crippen LogP contribution in [0.15, 0.2) is 42.5 Å². The van der Waals surface area contributed by atoms with Crippen molar-refractivity contribution in [3.8, 4) is 11.5 Å². The molecular formula is C18H16N4O3. The van der Waals surface area contributed by atoms with E-state index in [1.165, 1.54) is 7.11 Å². The standard InChI is InChI=1S/C18H16N4O3/c1-21-18-13-7-5-4-6-12(13)16(22(18)20-19-21)17(23)14-9-8-11(24-2)10-15(14)25-3/h4-10H,1-3H3. The van der Waals surface area contributed by atoms with Crippen LogP contribution in [0.4, 0.5) is 0 Å². The highest BCUT2D eigenvalue weighted by Gasteiger charge is 2.24. The Balaban J connectivity index is 1.99. The highest BCUT2D eigenvalue weighted by Crippen LogP contribution is 2.31. The zero-order valence-corrected chi connectivity index (χ0v) is 14.1. The lowest BCUT2D eigenvalue weighted by molar-refractivity contribution is 0.103. The van der Waals surface area contributed by atoms with Crippen LogP contribution in [0.3, 0.4) is 0 Å². The Hall–Kier alpha value is -3.35. The molecule has 0 radical (unpaired) electrons. The Kier molecular flexibility index (Phi) is 3.42. The number of hydrogen-bond acceptors (Lipinski definition) is 5. The van der Waals surface area contributed by atoms with Crippen LogP contribution in [0.25, 0.3) is 16.4 Å². The predicted molar refractivity (Wildman–Crippen MR) is 92.4 cm³/mol. The largest absolute Gasteiger partial charge is 0.497 e. The third-order valence-electron chi connectivity index (χ3n) is 4.27. The number of aromatic nitrogens is 4. The number of ether oxygens (including phenoxy) is 2. The van der Waals surface area contributed by atoms with Crippen LogP contribution in [0.1, 0.15) is 16.1 Å². The van der Waals surface area contributed by atoms with Crippen molar-refractivity contribution in [2.45, 2.75) is 0 Å². The molecule has 0 N–H and O–H groups in total. The molecule has 2 aromatic heterocycles. The lowest BCUT2D eigenvalue weighted by Gasteiger charge is -2.09. The van der Waals surface area contributed by atoms with E-state index >= 15 is 0 Å². The number of benzene rings is 2. The fourth-order valence-electron chi connectivity index (χ4n) is 3.09. The zero-order chi connectivity index (χ0) is 17.6. The van der Waals surface area contributed by atoms with Crippen molar-refractivity contribution < 1.29 is 14.3 Å². The fourth-order valence-corrected chi connectivity index (χ4v) is 3.09. The van der Waals surface area contributed by atoms with Gasteiger partial charge in [0, 0.05) is 23.9 Å². The van der Waals surface area contributed by atoms with Gasteiger partial charge < -0.3 is 9.47 Å². The molecule has 0 saturated carbocycles. The first-order chi connectivity index (χ1) is 12.2. The molecule has 7 nitrogen and oxygen atoms in total. The fraction of sp³-hybridized carbons (Fsp3) is 0.167. The number of fused-ring (bicyclic) bond motifs is 3. The molecule has 0 saturated heterocycles. The number of hydrogen-bond donors (Lipinski definition) is 0. The maximum Gasteiger partial charge on any atom is 0.215 e. The number of aryl methyl sites for hydroxylation is 1. The SMILES string of the molecule is COc1ccc(C(=O)c2c3ccccc3c3n(C)nnn23)c(OC)c1. The van der Waals surface area contributed by atoms with Crippen LogP contribution in [0, 0.1) is 0 Å². The van der Waals surface area contributed by atoms with Crippen molar-refractivity contribution in [2.75, 3.05) is 14.2 Å². The van der Waals surface area contributed by atoms with E-state index in [2.05, 4.69) is 10.4 Å². The summed E-state index contributed by atoms with van der Waals surface area (Å²) >= 11 is 0. The summed E-state index contributed by atoms with van der Waals surface area (Å²) in [7, 11) is 4.90. The van der Waals surface area contributed by atoms with Gasteiger partial charge in [0.25, 0.3) is 0 Å². The average Bonchev–Trinajstić information content (AvgIpc) is 3.18. The highest BCUT2D eigenvalue weighted by atomic mass is 16.5. The molecule has 126 valence electrons. The van der Waals surface area contributed by atoms with E-state index < -0.39 is 0 Å². The third kappa shape index (κ3) is 2.16. The molecule has 0 unspecified atom stereocenters. The minimum absolute atomic E-state index is 0.184. The average molecular weight is 336 g/mol. The summed E-state index contributed by atoms with van der Waals surface area (Å²) in [4.78, 5) is 13.3. The van der Waals surface area contributed by atoms with E-state index in [0.29, 0.717) is 22.8 Å². The zero-order valence-electron chi connectivity index (χ0n) is 14.1. The number of rotatable bonds is 4. The van der Waals surface area contributed by atoms with Gasteiger partial charge in [0.05, 0.1) is 19.8 Å². The Morgan fingerprint density at radius 3 is 2.48 bits per heavy atom. The first-order valence-corrected chi connectivity index (χ1v) is 7.71. The normalized spacial score (nSPS) is 11.2. The second-order valence-electron chi connectivity index (χ2n) is 5.63. The van der Waals surface area contributed by atoms with E-state index in [0.717, 1.165) is 16.4 Å². The number of ketones is 1. The van der Waals surface area contributed by atoms with Crippen LogP contribution >= 0.6 is 0 Å². The third-order valence-corrected chi connectivity index (χ3v) is 4.27. The number of carbonyl (C=O) groups is 1. The molecule has 0 spiro atoms. The number of nitrogens with zero attached hydrogens (tertiary/aromatic N) is 4. The quantitative estimate of drug-likeness (QED) is 0.536. The van der Waals surface area contributed by atoms with Gasteiger partial charge in [0.15, 0.2) is 5.65 Å². The minimum Gasteiger partial charge on any atom is -0.497 e. The van der Waals surface area contributed by atoms with Crippen LogP contribution < -0.4 is 9.47 Å². The molecule has 0 aliphatic rings. The van der Waals surface area contributed by atoms with Gasteiger partial charge in [-0.2, -0.15) is 4.52 Å². The van der Waals surface area contributed by atoms with Gasteiger partial charge in [-0.25, -0.2) is 4.68 Å². The molecule has 2 heterocycles. The Morgan fingerprint density at radius 1 is 1.00 bits per heavy atom. The second-order valence-corrected chi connectivity index (χ2v) is 5.63. The van der Waals surface area contributed by atoms with Gasteiger partial charge in [-0.15, -0.1) is 0 Å². The van der Waals surface area contributed by atoms with E-state index in [-0.39, 0.29) is 5.78 Å². The van der Waals surface area contributed by atoms with Gasteiger partial charge in [0.1, 0.15) is 17.2 Å². The maximum absolute atomic E-state index is 13.3. The Bertz CT molecular complexity index is 1110. The van der Waals surface area contributed by atoms with Gasteiger partial charge in [-0.05, 0) is 22.6 Å². The summed E-state index contributed by atoms with van der Waals surface area (Å²) in [6.45, 7) is 0. The summed E-state index contributed by atoms with van der Waals surface area (Å²) in [5.74, 6) is 0.890. The molecule has 0 bridgehead atoms. The topological polar surface area (TPSA) is 70.7 Å². The summed E-state index contributed by atoms with van der Waals surface area (Å²) in [6, 6.07) is 12.8. The van der Waals surface area contributed by atoms with E-state index in [1.54, 1.807) is 41.6 Å². The number of carbonyl (C=O) groups excluding carboxylic acids is 1. The van der Waals surface area contributed by atoms with Gasteiger partial charge in [0.2, 0.25) is 5.78 Å². The summed E-state index contributed by atoms with van der Waals surface area (Å²) in [6.07, 6.45) is 0. The highest BCUT2D eigenvalue weighted by molar-refractivity contribution is 6.19. The molecule has 0 aliphatic carbocycles. The molecule has 25 heavy (non-hydrogen) atoms. The van der Waals surface area contributed by atoms with Gasteiger partial charge in [-0.3, -0.25) is 4.79 Å². The first kappa shape index (κ1) is 15.2. The molecule has 0 fully saturated rings. The second kappa shape index (κ2) is 5.62. The number of tetrazole rings is 1. The summed E-state index contributed by atoms with van der Waals surface area (Å²) < 4.78 is 13.8. The number of methoxy groups -OCH3 is 2. The van der Waals surface area contributed by atoms with Crippen molar-refractivity contribution in [2.24, 2.45) is 7.05 Å². The minimum atomic E-state index is -0.184. The first-order valence-electron chi connectivity index (χ1n) is 7.71. The molecular weight excluding hydrogens is 320 g/mol. The summed E-state index contributed by atoms with van der Waals surface area (Å²) in [5.41, 5.74) is 1.67. The van der Waals surface area contributed by atoms with Gasteiger partial charge >= 0.3 is 0 Å². The van der Waals surface area contributed by atoms with E-state index in [9.17, 15) is 4.79 Å². The van der Waals surface area contributed by atoms with Crippen molar-refractivity contribution >= 4 is 22.2 Å². The molecule has 4 aromatic rings. The Morgan fingerprint density at radius 2 is 1.76 bits per heavy atom. The van der Waals surface area contributed by atoms with Crippen molar-refractivity contribution in [3.05, 3.63) is 53.7 Å². The molecule has 0 atom stereocenters. The van der Waals surface area contributed by atoms with Crippen LogP contribution in [-0.2, 0) is 7.05 Å². The van der Waals surface area contributed by atoms with E-state index in [1.807, 2.05) is 24.3 Å². The predicted octanol–water partition coefficient (Wildman–Crippen LogP) is 2.47. The van der Waals surface area contributed by atoms with Crippen molar-refractivity contribution in [3.63, 3.8) is 0 Å². The summed E-state index contributed by atoms with van der Waals surface area (Å²) in [5, 5.41) is 9.92. The lowest BCUT2D eigenvalue weighted by Crippen LogP contribution is -2.08. The van der Waals surface area contributed by atoms with Crippen LogP contribution in [-0.4, -0.2) is 39.6 Å². The molecule has 0 amide bonds. The van der Waals surface area contributed by atoms with E-state index in [4.69, 9.17) is 9.47 Å². The van der Waals surface area contributed by atoms with Crippen molar-refractivity contribution in [1.29, 1.82) is 0 Å². The van der Waals surface area contributed by atoms with Gasteiger partial charge in [-0.1, -0.05) is 24.3 Å². The molecule has 0 aliphatic heterocycles. The van der Waals surface area contributed by atoms with Crippen LogP contribution in [0.2, 0.25) is 0 Å². The molecule has 7 heteroatoms. The monoisotopic (exact) mass is 336 g/mol. The smallest absolute Gasteiger partial charge is 0.215 e. The lowest BCUT2D eigenvalue weighted by atomic mass is 10.0. The maximum atomic E-state index is 13.3. The van der Waals surface area contributed by atoms with Crippen molar-refractivity contribution in [1.82, 2.24) is 19.6 Å². The molecule has 4 rings (SSSR count). The van der Waals surface area contributed by atoms with Crippen LogP contribution in [0.5, 0.6) is 11.5 Å². The molecule has 2 aromatic carbocycles. The Labute approximate surface area is 143 Å².